The molecule has 5 nitrogen and oxygen atoms in total. The second-order valence-corrected chi connectivity index (χ2v) is 5.97. The molecule has 1 aliphatic carbocycles. The SMILES string of the molecule is CCC1OCCC1CN1CC(=O)NC(C2CC2)C1=O. The molecule has 1 N–H and O–H groups in total. The van der Waals surface area contributed by atoms with Gasteiger partial charge in [-0.25, -0.2) is 0 Å². The summed E-state index contributed by atoms with van der Waals surface area (Å²) in [6, 6.07) is -0.261. The molecule has 0 aromatic heterocycles. The van der Waals surface area contributed by atoms with Crippen molar-refractivity contribution >= 4 is 11.8 Å². The molecule has 106 valence electrons. The topological polar surface area (TPSA) is 58.6 Å². The van der Waals surface area contributed by atoms with E-state index in [4.69, 9.17) is 4.74 Å². The van der Waals surface area contributed by atoms with Gasteiger partial charge in [-0.15, -0.1) is 0 Å². The lowest BCUT2D eigenvalue weighted by Crippen LogP contribution is -2.59. The quantitative estimate of drug-likeness (QED) is 0.808. The number of amides is 2. The number of ether oxygens (including phenoxy) is 1. The first-order valence-electron chi connectivity index (χ1n) is 7.38. The third kappa shape index (κ3) is 2.61. The molecule has 19 heavy (non-hydrogen) atoms. The Morgan fingerprint density at radius 3 is 2.79 bits per heavy atom. The van der Waals surface area contributed by atoms with E-state index >= 15 is 0 Å². The zero-order chi connectivity index (χ0) is 13.4. The Hall–Kier alpha value is -1.10. The minimum absolute atomic E-state index is 0.0107. The van der Waals surface area contributed by atoms with Crippen LogP contribution in [0, 0.1) is 11.8 Å². The van der Waals surface area contributed by atoms with Crippen molar-refractivity contribution < 1.29 is 14.3 Å². The largest absolute Gasteiger partial charge is 0.378 e. The molecule has 0 aromatic rings. The van der Waals surface area contributed by atoms with Crippen molar-refractivity contribution in [2.75, 3.05) is 19.7 Å². The molecule has 0 aromatic carbocycles. The normalized spacial score (nSPS) is 35.6. The summed E-state index contributed by atoms with van der Waals surface area (Å²) in [7, 11) is 0. The predicted molar refractivity (Wildman–Crippen MR) is 69.4 cm³/mol. The predicted octanol–water partition coefficient (Wildman–Crippen LogP) is 0.538. The summed E-state index contributed by atoms with van der Waals surface area (Å²) < 4.78 is 5.67. The van der Waals surface area contributed by atoms with Crippen LogP contribution in [0.1, 0.15) is 32.6 Å². The number of nitrogens with zero attached hydrogens (tertiary/aromatic N) is 1. The van der Waals surface area contributed by atoms with E-state index in [1.54, 1.807) is 4.90 Å². The third-order valence-corrected chi connectivity index (χ3v) is 4.53. The summed E-state index contributed by atoms with van der Waals surface area (Å²) in [5.41, 5.74) is 0. The van der Waals surface area contributed by atoms with Gasteiger partial charge in [0.2, 0.25) is 11.8 Å². The smallest absolute Gasteiger partial charge is 0.245 e. The summed E-state index contributed by atoms with van der Waals surface area (Å²) in [4.78, 5) is 25.9. The first kappa shape index (κ1) is 12.9. The van der Waals surface area contributed by atoms with Crippen molar-refractivity contribution in [1.82, 2.24) is 10.2 Å². The highest BCUT2D eigenvalue weighted by atomic mass is 16.5. The van der Waals surface area contributed by atoms with Gasteiger partial charge in [-0.05, 0) is 31.6 Å². The standard InChI is InChI=1S/C14H22N2O3/c1-2-11-10(5-6-19-11)7-16-8-12(17)15-13(14(16)18)9-3-4-9/h9-11,13H,2-8H2,1H3,(H,15,17). The maximum Gasteiger partial charge on any atom is 0.245 e. The maximum absolute atomic E-state index is 12.4. The van der Waals surface area contributed by atoms with Gasteiger partial charge < -0.3 is 15.0 Å². The summed E-state index contributed by atoms with van der Waals surface area (Å²) in [6.07, 6.45) is 4.35. The molecule has 2 amide bonds. The average molecular weight is 266 g/mol. The number of nitrogens with one attached hydrogen (secondary N) is 1. The molecule has 2 aliphatic heterocycles. The minimum atomic E-state index is -0.261. The van der Waals surface area contributed by atoms with Gasteiger partial charge >= 0.3 is 0 Å². The van der Waals surface area contributed by atoms with Crippen molar-refractivity contribution in [2.45, 2.75) is 44.8 Å². The van der Waals surface area contributed by atoms with Gasteiger partial charge in [-0.2, -0.15) is 0 Å². The van der Waals surface area contributed by atoms with Gasteiger partial charge in [-0.1, -0.05) is 6.92 Å². The lowest BCUT2D eigenvalue weighted by Gasteiger charge is -2.35. The average Bonchev–Trinajstić information content (AvgIpc) is 3.14. The van der Waals surface area contributed by atoms with Crippen molar-refractivity contribution in [2.24, 2.45) is 11.8 Å². The van der Waals surface area contributed by atoms with Crippen LogP contribution < -0.4 is 5.32 Å². The van der Waals surface area contributed by atoms with E-state index in [9.17, 15) is 9.59 Å². The highest BCUT2D eigenvalue weighted by Crippen LogP contribution is 2.35. The van der Waals surface area contributed by atoms with Crippen LogP contribution in [0.4, 0.5) is 0 Å². The van der Waals surface area contributed by atoms with Crippen LogP contribution in [0.5, 0.6) is 0 Å². The molecule has 0 radical (unpaired) electrons. The molecule has 3 fully saturated rings. The highest BCUT2D eigenvalue weighted by Gasteiger charge is 2.43. The van der Waals surface area contributed by atoms with Crippen LogP contribution >= 0.6 is 0 Å². The molecule has 2 heterocycles. The molecular formula is C14H22N2O3. The fourth-order valence-electron chi connectivity index (χ4n) is 3.27. The summed E-state index contributed by atoms with van der Waals surface area (Å²) >= 11 is 0. The van der Waals surface area contributed by atoms with Crippen LogP contribution in [0.15, 0.2) is 0 Å². The second-order valence-electron chi connectivity index (χ2n) is 5.97. The van der Waals surface area contributed by atoms with Crippen molar-refractivity contribution in [3.8, 4) is 0 Å². The molecule has 3 aliphatic rings. The molecule has 2 saturated heterocycles. The second kappa shape index (κ2) is 5.12. The molecule has 1 saturated carbocycles. The number of piperazine rings is 1. The minimum Gasteiger partial charge on any atom is -0.378 e. The lowest BCUT2D eigenvalue weighted by atomic mass is 9.97. The van der Waals surface area contributed by atoms with Crippen LogP contribution in [0.2, 0.25) is 0 Å². The monoisotopic (exact) mass is 266 g/mol. The summed E-state index contributed by atoms with van der Waals surface area (Å²) in [5, 5.41) is 2.85. The van der Waals surface area contributed by atoms with Crippen LogP contribution in [-0.2, 0) is 14.3 Å². The number of hydrogen-bond acceptors (Lipinski definition) is 3. The van der Waals surface area contributed by atoms with E-state index in [0.29, 0.717) is 18.4 Å². The molecule has 3 unspecified atom stereocenters. The summed E-state index contributed by atoms with van der Waals surface area (Å²) in [5.74, 6) is 0.869. The maximum atomic E-state index is 12.4. The van der Waals surface area contributed by atoms with Gasteiger partial charge in [-0.3, -0.25) is 9.59 Å². The zero-order valence-electron chi connectivity index (χ0n) is 11.4. The van der Waals surface area contributed by atoms with Crippen LogP contribution in [0.25, 0.3) is 0 Å². The molecule has 0 spiro atoms. The molecule has 5 heteroatoms. The molecule has 3 atom stereocenters. The number of hydrogen-bond donors (Lipinski definition) is 1. The third-order valence-electron chi connectivity index (χ3n) is 4.53. The van der Waals surface area contributed by atoms with Gasteiger partial charge in [0.1, 0.15) is 6.04 Å². The lowest BCUT2D eigenvalue weighted by molar-refractivity contribution is -0.145. The Kier molecular flexibility index (Phi) is 3.48. The Morgan fingerprint density at radius 1 is 1.32 bits per heavy atom. The van der Waals surface area contributed by atoms with E-state index < -0.39 is 0 Å². The van der Waals surface area contributed by atoms with Crippen molar-refractivity contribution in [3.63, 3.8) is 0 Å². The Labute approximate surface area is 113 Å². The molecular weight excluding hydrogens is 244 g/mol. The first-order chi connectivity index (χ1) is 9.19. The van der Waals surface area contributed by atoms with E-state index in [1.807, 2.05) is 0 Å². The van der Waals surface area contributed by atoms with Crippen molar-refractivity contribution in [1.29, 1.82) is 0 Å². The Morgan fingerprint density at radius 2 is 2.11 bits per heavy atom. The van der Waals surface area contributed by atoms with Gasteiger partial charge in [0.25, 0.3) is 0 Å². The number of carbonyl (C=O) groups is 2. The van der Waals surface area contributed by atoms with Gasteiger partial charge in [0, 0.05) is 19.1 Å². The molecule has 0 bridgehead atoms. The van der Waals surface area contributed by atoms with E-state index in [0.717, 1.165) is 32.3 Å². The van der Waals surface area contributed by atoms with Gasteiger partial charge in [0.05, 0.1) is 12.6 Å². The van der Waals surface area contributed by atoms with Gasteiger partial charge in [0.15, 0.2) is 0 Å². The van der Waals surface area contributed by atoms with E-state index in [2.05, 4.69) is 12.2 Å². The fourth-order valence-corrected chi connectivity index (χ4v) is 3.27. The highest BCUT2D eigenvalue weighted by molar-refractivity contribution is 5.95. The van der Waals surface area contributed by atoms with E-state index in [-0.39, 0.29) is 30.5 Å². The van der Waals surface area contributed by atoms with Crippen LogP contribution in [0.3, 0.4) is 0 Å². The fraction of sp³-hybridized carbons (Fsp3) is 0.857. The Balaban J connectivity index is 1.65. The number of carbonyl (C=O) groups excluding carboxylic acids is 2. The Bertz CT molecular complexity index is 381. The first-order valence-corrected chi connectivity index (χ1v) is 7.38. The van der Waals surface area contributed by atoms with Crippen molar-refractivity contribution in [3.05, 3.63) is 0 Å². The number of rotatable bonds is 4. The zero-order valence-corrected chi connectivity index (χ0v) is 11.4. The summed E-state index contributed by atoms with van der Waals surface area (Å²) in [6.45, 7) is 3.78. The molecule has 3 rings (SSSR count). The van der Waals surface area contributed by atoms with Crippen LogP contribution in [-0.4, -0.2) is 48.6 Å². The van der Waals surface area contributed by atoms with E-state index in [1.165, 1.54) is 0 Å².